The van der Waals surface area contributed by atoms with Gasteiger partial charge in [-0.2, -0.15) is 4.31 Å². The molecule has 0 aliphatic carbocycles. The molecule has 192 valence electrons. The van der Waals surface area contributed by atoms with Crippen LogP contribution < -0.4 is 4.74 Å². The highest BCUT2D eigenvalue weighted by Crippen LogP contribution is 2.34. The van der Waals surface area contributed by atoms with Gasteiger partial charge >= 0.3 is 0 Å². The molecule has 1 aliphatic heterocycles. The Morgan fingerprint density at radius 2 is 1.86 bits per heavy atom. The molecule has 36 heavy (non-hydrogen) atoms. The Hall–Kier alpha value is -2.68. The predicted molar refractivity (Wildman–Crippen MR) is 144 cm³/mol. The summed E-state index contributed by atoms with van der Waals surface area (Å²) in [7, 11) is -3.83. The van der Waals surface area contributed by atoms with E-state index in [1.165, 1.54) is 9.18 Å². The fourth-order valence-electron chi connectivity index (χ4n) is 4.51. The number of hydrogen-bond donors (Lipinski definition) is 0. The second kappa shape index (κ2) is 11.2. The zero-order chi connectivity index (χ0) is 25.9. The normalized spacial score (nSPS) is 16.6. The maximum absolute atomic E-state index is 13.7. The summed E-state index contributed by atoms with van der Waals surface area (Å²) in [5, 5.41) is 2.05. The van der Waals surface area contributed by atoms with Crippen LogP contribution in [0, 0.1) is 13.8 Å². The van der Waals surface area contributed by atoms with Crippen molar-refractivity contribution in [3.8, 4) is 5.75 Å². The minimum atomic E-state index is -3.83. The van der Waals surface area contributed by atoms with E-state index in [9.17, 15) is 13.2 Å². The molecule has 0 saturated carbocycles. The number of sulfonamides is 1. The molecule has 3 aromatic rings. The predicted octanol–water partition coefficient (Wildman–Crippen LogP) is 5.36. The second-order valence-electron chi connectivity index (χ2n) is 9.35. The van der Waals surface area contributed by atoms with Crippen molar-refractivity contribution in [3.63, 3.8) is 0 Å². The van der Waals surface area contributed by atoms with E-state index in [0.29, 0.717) is 19.6 Å². The molecule has 2 atom stereocenters. The van der Waals surface area contributed by atoms with Crippen molar-refractivity contribution in [3.05, 3.63) is 81.5 Å². The first-order valence-corrected chi connectivity index (χ1v) is 14.7. The Balaban J connectivity index is 1.59. The summed E-state index contributed by atoms with van der Waals surface area (Å²) in [6, 6.07) is 16.1. The molecular formula is C28H34N2O4S2. The Morgan fingerprint density at radius 3 is 2.56 bits per heavy atom. The summed E-state index contributed by atoms with van der Waals surface area (Å²) >= 11 is 1.69. The Labute approximate surface area is 218 Å². The lowest BCUT2D eigenvalue weighted by Crippen LogP contribution is -2.49. The van der Waals surface area contributed by atoms with Gasteiger partial charge in [0.1, 0.15) is 12.4 Å². The van der Waals surface area contributed by atoms with Crippen LogP contribution in [-0.2, 0) is 21.2 Å². The third-order valence-electron chi connectivity index (χ3n) is 6.91. The first-order chi connectivity index (χ1) is 17.2. The molecule has 4 rings (SSSR count). The Morgan fingerprint density at radius 1 is 1.14 bits per heavy atom. The first-order valence-electron chi connectivity index (χ1n) is 12.3. The number of benzene rings is 2. The van der Waals surface area contributed by atoms with Crippen LogP contribution in [0.15, 0.2) is 64.9 Å². The molecule has 8 heteroatoms. The number of hydrogen-bond acceptors (Lipinski definition) is 5. The molecule has 0 saturated heterocycles. The van der Waals surface area contributed by atoms with Gasteiger partial charge < -0.3 is 9.64 Å². The van der Waals surface area contributed by atoms with Crippen LogP contribution in [0.4, 0.5) is 0 Å². The molecule has 0 spiro atoms. The first kappa shape index (κ1) is 26.4. The number of thiophene rings is 1. The number of carbonyl (C=O) groups is 1. The fourth-order valence-corrected chi connectivity index (χ4v) is 7.10. The lowest BCUT2D eigenvalue weighted by atomic mass is 10.0. The molecule has 1 amide bonds. The van der Waals surface area contributed by atoms with Crippen LogP contribution in [-0.4, -0.2) is 49.3 Å². The number of nitrogens with zero attached hydrogens (tertiary/aromatic N) is 2. The van der Waals surface area contributed by atoms with Gasteiger partial charge in [-0.3, -0.25) is 4.79 Å². The monoisotopic (exact) mass is 526 g/mol. The highest BCUT2D eigenvalue weighted by Gasteiger charge is 2.36. The Bertz CT molecular complexity index is 1300. The van der Waals surface area contributed by atoms with Crippen molar-refractivity contribution in [1.82, 2.24) is 9.21 Å². The van der Waals surface area contributed by atoms with Gasteiger partial charge in [0.15, 0.2) is 0 Å². The zero-order valence-corrected chi connectivity index (χ0v) is 22.9. The van der Waals surface area contributed by atoms with Gasteiger partial charge in [0.25, 0.3) is 0 Å². The molecule has 2 heterocycles. The van der Waals surface area contributed by atoms with E-state index in [0.717, 1.165) is 28.9 Å². The largest absolute Gasteiger partial charge is 0.491 e. The molecule has 1 aliphatic rings. The van der Waals surface area contributed by atoms with Crippen molar-refractivity contribution >= 4 is 27.3 Å². The maximum atomic E-state index is 13.7. The molecule has 0 unspecified atom stereocenters. The average molecular weight is 527 g/mol. The van der Waals surface area contributed by atoms with E-state index < -0.39 is 10.0 Å². The quantitative estimate of drug-likeness (QED) is 0.377. The van der Waals surface area contributed by atoms with Gasteiger partial charge in [0.05, 0.1) is 17.5 Å². The number of ether oxygens (including phenoxy) is 1. The molecule has 0 bridgehead atoms. The Kier molecular flexibility index (Phi) is 8.17. The number of para-hydroxylation sites is 1. The zero-order valence-electron chi connectivity index (χ0n) is 21.3. The van der Waals surface area contributed by atoms with Gasteiger partial charge in [-0.1, -0.05) is 42.8 Å². The van der Waals surface area contributed by atoms with Crippen LogP contribution in [0.25, 0.3) is 0 Å². The molecule has 0 N–H and O–H groups in total. The number of carbonyl (C=O) groups excluding carboxylic acids is 1. The number of aryl methyl sites for hydroxylation is 2. The average Bonchev–Trinajstić information content (AvgIpc) is 3.35. The van der Waals surface area contributed by atoms with Crippen molar-refractivity contribution in [2.75, 3.05) is 19.7 Å². The van der Waals surface area contributed by atoms with Gasteiger partial charge in [-0.25, -0.2) is 8.42 Å². The number of rotatable bonds is 9. The topological polar surface area (TPSA) is 66.9 Å². The van der Waals surface area contributed by atoms with Gasteiger partial charge in [-0.15, -0.1) is 11.3 Å². The maximum Gasteiger partial charge on any atom is 0.243 e. The summed E-state index contributed by atoms with van der Waals surface area (Å²) in [6.07, 6.45) is 1.36. The van der Waals surface area contributed by atoms with E-state index in [4.69, 9.17) is 4.74 Å². The third-order valence-corrected chi connectivity index (χ3v) is 9.88. The summed E-state index contributed by atoms with van der Waals surface area (Å²) < 4.78 is 34.7. The van der Waals surface area contributed by atoms with Crippen molar-refractivity contribution in [1.29, 1.82) is 0 Å². The van der Waals surface area contributed by atoms with Crippen molar-refractivity contribution in [2.45, 2.75) is 57.5 Å². The molecule has 6 nitrogen and oxygen atoms in total. The van der Waals surface area contributed by atoms with Crippen molar-refractivity contribution < 1.29 is 17.9 Å². The van der Waals surface area contributed by atoms with Crippen molar-refractivity contribution in [2.24, 2.45) is 0 Å². The highest BCUT2D eigenvalue weighted by atomic mass is 32.2. The lowest BCUT2D eigenvalue weighted by molar-refractivity contribution is -0.135. The summed E-state index contributed by atoms with van der Waals surface area (Å²) in [5.74, 6) is 0.580. The summed E-state index contributed by atoms with van der Waals surface area (Å²) in [4.78, 5) is 17.0. The molecular weight excluding hydrogens is 492 g/mol. The summed E-state index contributed by atoms with van der Waals surface area (Å²) in [5.41, 5.74) is 3.10. The summed E-state index contributed by atoms with van der Waals surface area (Å²) in [6.45, 7) is 8.35. The smallest absolute Gasteiger partial charge is 0.243 e. The van der Waals surface area contributed by atoms with E-state index in [2.05, 4.69) is 6.07 Å². The number of fused-ring (bicyclic) bond motifs is 1. The second-order valence-corrected chi connectivity index (χ2v) is 12.2. The van der Waals surface area contributed by atoms with E-state index >= 15 is 0 Å². The molecule has 0 fully saturated rings. The lowest BCUT2D eigenvalue weighted by Gasteiger charge is -2.37. The SMILES string of the molecule is CC[C@@H](C)N(CC(=O)N1CCc2sccc2[C@@H]1COc1ccccc1C)S(=O)(=O)c1ccc(C)cc1. The standard InChI is InChI=1S/C28H34N2O4S2/c1-5-22(4)30(36(32,33)23-12-10-20(2)11-13-23)18-28(31)29-16-14-27-24(15-17-35-27)25(29)19-34-26-9-7-6-8-21(26)3/h6-13,15,17,22,25H,5,14,16,18-19H2,1-4H3/t22-,25+/m1/s1. The van der Waals surface area contributed by atoms with E-state index in [1.807, 2.05) is 57.3 Å². The van der Waals surface area contributed by atoms with Gasteiger partial charge in [-0.05, 0) is 74.4 Å². The van der Waals surface area contributed by atoms with Crippen LogP contribution in [0.5, 0.6) is 5.75 Å². The third kappa shape index (κ3) is 5.51. The van der Waals surface area contributed by atoms with Crippen LogP contribution in [0.1, 0.15) is 47.9 Å². The molecule has 0 radical (unpaired) electrons. The van der Waals surface area contributed by atoms with Crippen LogP contribution >= 0.6 is 11.3 Å². The van der Waals surface area contributed by atoms with E-state index in [1.54, 1.807) is 40.5 Å². The molecule has 2 aromatic carbocycles. The van der Waals surface area contributed by atoms with Crippen LogP contribution in [0.2, 0.25) is 0 Å². The highest BCUT2D eigenvalue weighted by molar-refractivity contribution is 7.89. The van der Waals surface area contributed by atoms with Crippen LogP contribution in [0.3, 0.4) is 0 Å². The minimum Gasteiger partial charge on any atom is -0.491 e. The minimum absolute atomic E-state index is 0.203. The molecule has 1 aromatic heterocycles. The number of amides is 1. The van der Waals surface area contributed by atoms with Gasteiger partial charge in [0, 0.05) is 17.5 Å². The fraction of sp³-hybridized carbons (Fsp3) is 0.393. The van der Waals surface area contributed by atoms with E-state index in [-0.39, 0.29) is 29.4 Å². The van der Waals surface area contributed by atoms with Gasteiger partial charge in [0.2, 0.25) is 15.9 Å².